The molecular formula is C29H39N7. The Bertz CT molecular complexity index is 1180. The Kier molecular flexibility index (Phi) is 6.99. The highest BCUT2D eigenvalue weighted by molar-refractivity contribution is 5.55. The number of anilines is 3. The highest BCUT2D eigenvalue weighted by Crippen LogP contribution is 2.35. The van der Waals surface area contributed by atoms with Crippen molar-refractivity contribution < 1.29 is 0 Å². The van der Waals surface area contributed by atoms with E-state index in [0.29, 0.717) is 11.8 Å². The van der Waals surface area contributed by atoms with Crippen molar-refractivity contribution in [1.29, 1.82) is 0 Å². The van der Waals surface area contributed by atoms with Crippen LogP contribution in [0, 0.1) is 25.7 Å². The standard InChI is InChI=1S/C29H39N7/c1-21-13-14-36(32-21)27-15-22(2)31-29(16-27)35(23(3)25-9-7-6-8-10-25)20-24-18-34(19-24)26-11-12-28(30-17-26)33(4)5/h11-17,24-25H,3,6-10,18-20H2,1-2,4-5H3. The minimum Gasteiger partial charge on any atom is -0.369 e. The van der Waals surface area contributed by atoms with Crippen molar-refractivity contribution in [3.05, 3.63) is 66.4 Å². The Hall–Kier alpha value is -3.35. The Labute approximate surface area is 215 Å². The van der Waals surface area contributed by atoms with E-state index in [4.69, 9.17) is 4.98 Å². The van der Waals surface area contributed by atoms with Gasteiger partial charge in [0.15, 0.2) is 0 Å². The summed E-state index contributed by atoms with van der Waals surface area (Å²) in [4.78, 5) is 16.5. The fraction of sp³-hybridized carbons (Fsp3) is 0.483. The van der Waals surface area contributed by atoms with Crippen LogP contribution in [0.25, 0.3) is 5.69 Å². The summed E-state index contributed by atoms with van der Waals surface area (Å²) in [5.74, 6) is 3.07. The zero-order valence-corrected chi connectivity index (χ0v) is 22.2. The van der Waals surface area contributed by atoms with Gasteiger partial charge in [-0.05, 0) is 56.9 Å². The lowest BCUT2D eigenvalue weighted by Gasteiger charge is -2.44. The van der Waals surface area contributed by atoms with Crippen LogP contribution in [0.2, 0.25) is 0 Å². The molecule has 7 heteroatoms. The molecule has 0 N–H and O–H groups in total. The van der Waals surface area contributed by atoms with Gasteiger partial charge in [0.05, 0.1) is 23.3 Å². The third-order valence-corrected chi connectivity index (χ3v) is 7.56. The van der Waals surface area contributed by atoms with E-state index in [1.807, 2.05) is 49.1 Å². The van der Waals surface area contributed by atoms with Crippen molar-refractivity contribution in [2.45, 2.75) is 46.0 Å². The first-order valence-electron chi connectivity index (χ1n) is 13.2. The number of hydrogen-bond acceptors (Lipinski definition) is 6. The Morgan fingerprint density at radius 1 is 0.972 bits per heavy atom. The lowest BCUT2D eigenvalue weighted by molar-refractivity contribution is 0.375. The van der Waals surface area contributed by atoms with Crippen molar-refractivity contribution in [3.63, 3.8) is 0 Å². The minimum atomic E-state index is 0.537. The van der Waals surface area contributed by atoms with Crippen LogP contribution >= 0.6 is 0 Å². The predicted molar refractivity (Wildman–Crippen MR) is 148 cm³/mol. The monoisotopic (exact) mass is 485 g/mol. The molecule has 0 aromatic carbocycles. The van der Waals surface area contributed by atoms with Gasteiger partial charge in [-0.1, -0.05) is 25.8 Å². The van der Waals surface area contributed by atoms with Gasteiger partial charge in [-0.3, -0.25) is 0 Å². The number of hydrogen-bond donors (Lipinski definition) is 0. The van der Waals surface area contributed by atoms with Crippen molar-refractivity contribution in [3.8, 4) is 5.69 Å². The Balaban J connectivity index is 1.35. The van der Waals surface area contributed by atoms with Gasteiger partial charge in [0.1, 0.15) is 11.6 Å². The zero-order valence-electron chi connectivity index (χ0n) is 22.2. The smallest absolute Gasteiger partial charge is 0.135 e. The highest BCUT2D eigenvalue weighted by Gasteiger charge is 2.32. The summed E-state index contributed by atoms with van der Waals surface area (Å²) in [6.45, 7) is 11.7. The number of nitrogens with zero attached hydrogens (tertiary/aromatic N) is 7. The van der Waals surface area contributed by atoms with Gasteiger partial charge in [-0.15, -0.1) is 0 Å². The van der Waals surface area contributed by atoms with Crippen LogP contribution in [0.1, 0.15) is 43.5 Å². The molecule has 4 heterocycles. The van der Waals surface area contributed by atoms with Crippen molar-refractivity contribution in [2.24, 2.45) is 11.8 Å². The minimum absolute atomic E-state index is 0.537. The second-order valence-corrected chi connectivity index (χ2v) is 10.7. The molecule has 190 valence electrons. The second-order valence-electron chi connectivity index (χ2n) is 10.7. The van der Waals surface area contributed by atoms with E-state index >= 15 is 0 Å². The van der Waals surface area contributed by atoms with Crippen LogP contribution in [-0.4, -0.2) is 53.5 Å². The molecule has 1 saturated heterocycles. The lowest BCUT2D eigenvalue weighted by Crippen LogP contribution is -2.52. The zero-order chi connectivity index (χ0) is 25.2. The number of pyridine rings is 2. The number of aromatic nitrogens is 4. The maximum atomic E-state index is 4.99. The maximum absolute atomic E-state index is 4.99. The molecule has 0 spiro atoms. The summed E-state index contributed by atoms with van der Waals surface area (Å²) in [6.07, 6.45) is 10.4. The average molecular weight is 486 g/mol. The fourth-order valence-corrected chi connectivity index (χ4v) is 5.46. The summed E-state index contributed by atoms with van der Waals surface area (Å²) in [5, 5.41) is 4.64. The first-order chi connectivity index (χ1) is 17.4. The number of rotatable bonds is 8. The molecule has 1 aliphatic carbocycles. The fourth-order valence-electron chi connectivity index (χ4n) is 5.46. The summed E-state index contributed by atoms with van der Waals surface area (Å²) < 4.78 is 1.95. The molecule has 1 aliphatic heterocycles. The van der Waals surface area contributed by atoms with Gasteiger partial charge in [0, 0.05) is 63.3 Å². The van der Waals surface area contributed by atoms with Gasteiger partial charge in [0.2, 0.25) is 0 Å². The number of allylic oxidation sites excluding steroid dienone is 1. The summed E-state index contributed by atoms with van der Waals surface area (Å²) >= 11 is 0. The van der Waals surface area contributed by atoms with Crippen LogP contribution in [0.4, 0.5) is 17.3 Å². The molecule has 7 nitrogen and oxygen atoms in total. The third kappa shape index (κ3) is 5.25. The second kappa shape index (κ2) is 10.3. The van der Waals surface area contributed by atoms with E-state index in [9.17, 15) is 0 Å². The average Bonchev–Trinajstić information content (AvgIpc) is 3.29. The molecule has 5 rings (SSSR count). The van der Waals surface area contributed by atoms with E-state index in [0.717, 1.165) is 48.3 Å². The van der Waals surface area contributed by atoms with Crippen molar-refractivity contribution >= 4 is 17.3 Å². The molecular weight excluding hydrogens is 446 g/mol. The summed E-state index contributed by atoms with van der Waals surface area (Å²) in [6, 6.07) is 10.6. The molecule has 1 saturated carbocycles. The number of aryl methyl sites for hydroxylation is 2. The molecule has 0 unspecified atom stereocenters. The van der Waals surface area contributed by atoms with E-state index in [2.05, 4.69) is 57.7 Å². The molecule has 3 aromatic heterocycles. The van der Waals surface area contributed by atoms with Crippen molar-refractivity contribution in [1.82, 2.24) is 19.7 Å². The van der Waals surface area contributed by atoms with Crippen LogP contribution in [0.15, 0.2) is 55.0 Å². The Morgan fingerprint density at radius 3 is 2.39 bits per heavy atom. The van der Waals surface area contributed by atoms with E-state index in [1.165, 1.54) is 43.5 Å². The van der Waals surface area contributed by atoms with E-state index in [1.54, 1.807) is 0 Å². The normalized spacial score (nSPS) is 16.6. The first-order valence-corrected chi connectivity index (χ1v) is 13.2. The van der Waals surface area contributed by atoms with Crippen molar-refractivity contribution in [2.75, 3.05) is 48.4 Å². The molecule has 3 aromatic rings. The van der Waals surface area contributed by atoms with Crippen LogP contribution in [0.5, 0.6) is 0 Å². The van der Waals surface area contributed by atoms with Crippen LogP contribution in [0.3, 0.4) is 0 Å². The quantitative estimate of drug-likeness (QED) is 0.427. The van der Waals surface area contributed by atoms with Crippen LogP contribution < -0.4 is 14.7 Å². The predicted octanol–water partition coefficient (Wildman–Crippen LogP) is 5.38. The highest BCUT2D eigenvalue weighted by atomic mass is 15.3. The molecule has 0 atom stereocenters. The van der Waals surface area contributed by atoms with E-state index < -0.39 is 0 Å². The molecule has 0 radical (unpaired) electrons. The van der Waals surface area contributed by atoms with Gasteiger partial charge >= 0.3 is 0 Å². The van der Waals surface area contributed by atoms with Crippen LogP contribution in [-0.2, 0) is 0 Å². The van der Waals surface area contributed by atoms with Gasteiger partial charge < -0.3 is 14.7 Å². The van der Waals surface area contributed by atoms with Gasteiger partial charge in [0.25, 0.3) is 0 Å². The van der Waals surface area contributed by atoms with Gasteiger partial charge in [-0.25, -0.2) is 14.6 Å². The largest absolute Gasteiger partial charge is 0.369 e. The van der Waals surface area contributed by atoms with Gasteiger partial charge in [-0.2, -0.15) is 5.10 Å². The van der Waals surface area contributed by atoms with E-state index in [-0.39, 0.29) is 0 Å². The molecule has 0 bridgehead atoms. The Morgan fingerprint density at radius 2 is 1.75 bits per heavy atom. The topological polar surface area (TPSA) is 53.3 Å². The molecule has 2 aliphatic rings. The maximum Gasteiger partial charge on any atom is 0.135 e. The molecule has 36 heavy (non-hydrogen) atoms. The lowest BCUT2D eigenvalue weighted by atomic mass is 9.86. The molecule has 0 amide bonds. The summed E-state index contributed by atoms with van der Waals surface area (Å²) in [5.41, 5.74) is 5.48. The summed E-state index contributed by atoms with van der Waals surface area (Å²) in [7, 11) is 4.04. The SMILES string of the molecule is C=C(C1CCCCC1)N(CC1CN(c2ccc(N(C)C)nc2)C1)c1cc(-n2ccc(C)n2)cc(C)n1. The third-order valence-electron chi connectivity index (χ3n) is 7.56. The molecule has 2 fully saturated rings. The first kappa shape index (κ1) is 24.3.